The summed E-state index contributed by atoms with van der Waals surface area (Å²) in [6.45, 7) is 0. The first-order valence-corrected chi connectivity index (χ1v) is 6.94. The predicted molar refractivity (Wildman–Crippen MR) is 78.1 cm³/mol. The fourth-order valence-electron chi connectivity index (χ4n) is 2.46. The molecule has 3 rings (SSSR count). The van der Waals surface area contributed by atoms with Crippen molar-refractivity contribution in [2.45, 2.75) is 18.3 Å². The standard InChI is InChI=1S/C16H12Cl2O/c17-12-6-7-13(14(18)10-12)15(19)16(8-9-16)11-4-2-1-3-5-11/h1-7,10H,8-9H2. The van der Waals surface area contributed by atoms with Crippen molar-refractivity contribution in [1.29, 1.82) is 0 Å². The van der Waals surface area contributed by atoms with Crippen LogP contribution in [0.4, 0.5) is 0 Å². The van der Waals surface area contributed by atoms with E-state index in [1.807, 2.05) is 30.3 Å². The van der Waals surface area contributed by atoms with Gasteiger partial charge in [0, 0.05) is 10.6 Å². The molecule has 0 unspecified atom stereocenters. The fourth-order valence-corrected chi connectivity index (χ4v) is 2.95. The zero-order valence-electron chi connectivity index (χ0n) is 10.2. The number of hydrogen-bond donors (Lipinski definition) is 0. The summed E-state index contributed by atoms with van der Waals surface area (Å²) in [6, 6.07) is 15.0. The molecule has 0 bridgehead atoms. The van der Waals surface area contributed by atoms with Crippen LogP contribution >= 0.6 is 23.2 Å². The Bertz CT molecular complexity index is 630. The molecule has 96 valence electrons. The van der Waals surface area contributed by atoms with E-state index in [1.165, 1.54) is 0 Å². The molecule has 0 N–H and O–H groups in total. The molecule has 1 nitrogen and oxygen atoms in total. The molecule has 0 aromatic heterocycles. The first-order valence-electron chi connectivity index (χ1n) is 6.19. The quantitative estimate of drug-likeness (QED) is 0.734. The molecule has 1 fully saturated rings. The SMILES string of the molecule is O=C(c1ccc(Cl)cc1Cl)C1(c2ccccc2)CC1. The van der Waals surface area contributed by atoms with Gasteiger partial charge in [-0.25, -0.2) is 0 Å². The van der Waals surface area contributed by atoms with Gasteiger partial charge in [0.2, 0.25) is 0 Å². The molecule has 0 amide bonds. The molecule has 0 radical (unpaired) electrons. The minimum Gasteiger partial charge on any atom is -0.293 e. The summed E-state index contributed by atoms with van der Waals surface area (Å²) in [7, 11) is 0. The molecule has 2 aromatic carbocycles. The Balaban J connectivity index is 2.01. The van der Waals surface area contributed by atoms with Crippen LogP contribution in [0.2, 0.25) is 10.0 Å². The van der Waals surface area contributed by atoms with E-state index in [0.29, 0.717) is 15.6 Å². The Morgan fingerprint density at radius 3 is 2.26 bits per heavy atom. The van der Waals surface area contributed by atoms with Gasteiger partial charge in [-0.2, -0.15) is 0 Å². The van der Waals surface area contributed by atoms with Gasteiger partial charge in [0.05, 0.1) is 10.4 Å². The largest absolute Gasteiger partial charge is 0.293 e. The highest BCUT2D eigenvalue weighted by atomic mass is 35.5. The van der Waals surface area contributed by atoms with Crippen LogP contribution in [-0.4, -0.2) is 5.78 Å². The van der Waals surface area contributed by atoms with Crippen molar-refractivity contribution in [3.05, 3.63) is 69.7 Å². The average Bonchev–Trinajstić information content (AvgIpc) is 3.20. The summed E-state index contributed by atoms with van der Waals surface area (Å²) in [4.78, 5) is 12.7. The first kappa shape index (κ1) is 12.7. The molecule has 0 saturated heterocycles. The normalized spacial score (nSPS) is 16.1. The van der Waals surface area contributed by atoms with Crippen molar-refractivity contribution in [3.63, 3.8) is 0 Å². The molecule has 0 aliphatic heterocycles. The molecule has 0 atom stereocenters. The molecular weight excluding hydrogens is 279 g/mol. The Kier molecular flexibility index (Phi) is 3.12. The van der Waals surface area contributed by atoms with Gasteiger partial charge in [0.25, 0.3) is 0 Å². The molecule has 1 aliphatic rings. The second-order valence-electron chi connectivity index (χ2n) is 4.90. The second-order valence-corrected chi connectivity index (χ2v) is 5.75. The Hall–Kier alpha value is -1.31. The second kappa shape index (κ2) is 4.66. The molecule has 1 aliphatic carbocycles. The number of hydrogen-bond acceptors (Lipinski definition) is 1. The van der Waals surface area contributed by atoms with Gasteiger partial charge in [-0.15, -0.1) is 0 Å². The van der Waals surface area contributed by atoms with Crippen molar-refractivity contribution in [3.8, 4) is 0 Å². The molecule has 2 aromatic rings. The van der Waals surface area contributed by atoms with Gasteiger partial charge in [-0.1, -0.05) is 53.5 Å². The summed E-state index contributed by atoms with van der Waals surface area (Å²) in [5, 5.41) is 0.978. The summed E-state index contributed by atoms with van der Waals surface area (Å²) < 4.78 is 0. The summed E-state index contributed by atoms with van der Waals surface area (Å²) in [6.07, 6.45) is 1.77. The third kappa shape index (κ3) is 2.18. The number of benzene rings is 2. The Morgan fingerprint density at radius 1 is 1.00 bits per heavy atom. The van der Waals surface area contributed by atoms with E-state index < -0.39 is 0 Å². The monoisotopic (exact) mass is 290 g/mol. The lowest BCUT2D eigenvalue weighted by atomic mass is 9.87. The van der Waals surface area contributed by atoms with Crippen LogP contribution in [0.3, 0.4) is 0 Å². The summed E-state index contributed by atoms with van der Waals surface area (Å²) in [5.41, 5.74) is 1.26. The lowest BCUT2D eigenvalue weighted by molar-refractivity contribution is 0.0946. The van der Waals surface area contributed by atoms with Crippen LogP contribution in [0, 0.1) is 0 Å². The number of rotatable bonds is 3. The number of carbonyl (C=O) groups excluding carboxylic acids is 1. The van der Waals surface area contributed by atoms with Crippen LogP contribution in [-0.2, 0) is 5.41 Å². The van der Waals surface area contributed by atoms with Crippen molar-refractivity contribution in [2.24, 2.45) is 0 Å². The highest BCUT2D eigenvalue weighted by molar-refractivity contribution is 6.37. The van der Waals surface area contributed by atoms with Crippen LogP contribution in [0.15, 0.2) is 48.5 Å². The average molecular weight is 291 g/mol. The number of Topliss-reactive ketones (excluding diaryl/α,β-unsaturated/α-hetero) is 1. The van der Waals surface area contributed by atoms with Crippen molar-refractivity contribution in [1.82, 2.24) is 0 Å². The fraction of sp³-hybridized carbons (Fsp3) is 0.188. The lowest BCUT2D eigenvalue weighted by Crippen LogP contribution is -2.20. The maximum absolute atomic E-state index is 12.7. The van der Waals surface area contributed by atoms with Crippen molar-refractivity contribution < 1.29 is 4.79 Å². The molecule has 1 saturated carbocycles. The maximum Gasteiger partial charge on any atom is 0.174 e. The van der Waals surface area contributed by atoms with E-state index >= 15 is 0 Å². The Morgan fingerprint density at radius 2 is 1.68 bits per heavy atom. The van der Waals surface area contributed by atoms with Gasteiger partial charge in [0.1, 0.15) is 0 Å². The van der Waals surface area contributed by atoms with Crippen LogP contribution in [0.1, 0.15) is 28.8 Å². The minimum absolute atomic E-state index is 0.0976. The van der Waals surface area contributed by atoms with Crippen molar-refractivity contribution in [2.75, 3.05) is 0 Å². The maximum atomic E-state index is 12.7. The van der Waals surface area contributed by atoms with E-state index in [-0.39, 0.29) is 11.2 Å². The molecule has 19 heavy (non-hydrogen) atoms. The highest BCUT2D eigenvalue weighted by Crippen LogP contribution is 2.51. The first-order chi connectivity index (χ1) is 9.13. The number of carbonyl (C=O) groups is 1. The number of halogens is 2. The molecule has 0 spiro atoms. The van der Waals surface area contributed by atoms with Crippen LogP contribution in [0.5, 0.6) is 0 Å². The van der Waals surface area contributed by atoms with E-state index in [2.05, 4.69) is 0 Å². The molecule has 0 heterocycles. The number of ketones is 1. The van der Waals surface area contributed by atoms with Gasteiger partial charge < -0.3 is 0 Å². The van der Waals surface area contributed by atoms with Gasteiger partial charge in [-0.3, -0.25) is 4.79 Å². The Labute approximate surface area is 122 Å². The van der Waals surface area contributed by atoms with E-state index in [9.17, 15) is 4.79 Å². The van der Waals surface area contributed by atoms with Crippen LogP contribution in [0.25, 0.3) is 0 Å². The minimum atomic E-state index is -0.376. The van der Waals surface area contributed by atoms with Gasteiger partial charge >= 0.3 is 0 Å². The third-order valence-corrected chi connectivity index (χ3v) is 4.23. The highest BCUT2D eigenvalue weighted by Gasteiger charge is 2.51. The zero-order chi connectivity index (χ0) is 13.5. The van der Waals surface area contributed by atoms with E-state index in [1.54, 1.807) is 18.2 Å². The van der Waals surface area contributed by atoms with Gasteiger partial charge in [0.15, 0.2) is 5.78 Å². The smallest absolute Gasteiger partial charge is 0.174 e. The zero-order valence-corrected chi connectivity index (χ0v) is 11.7. The van der Waals surface area contributed by atoms with Crippen molar-refractivity contribution >= 4 is 29.0 Å². The van der Waals surface area contributed by atoms with E-state index in [0.717, 1.165) is 18.4 Å². The molecule has 3 heteroatoms. The third-order valence-electron chi connectivity index (χ3n) is 3.69. The van der Waals surface area contributed by atoms with E-state index in [4.69, 9.17) is 23.2 Å². The lowest BCUT2D eigenvalue weighted by Gasteiger charge is -2.15. The molecular formula is C16H12Cl2O. The topological polar surface area (TPSA) is 17.1 Å². The van der Waals surface area contributed by atoms with Gasteiger partial charge in [-0.05, 0) is 36.6 Å². The predicted octanol–water partition coefficient (Wildman–Crippen LogP) is 4.91. The summed E-state index contributed by atoms with van der Waals surface area (Å²) in [5.74, 6) is 0.0976. The summed E-state index contributed by atoms with van der Waals surface area (Å²) >= 11 is 12.0. The van der Waals surface area contributed by atoms with Crippen LogP contribution < -0.4 is 0 Å².